The number of carbonyl (C=O) groups is 1. The number of H-pyrrole nitrogens is 1. The van der Waals surface area contributed by atoms with Gasteiger partial charge in [0.15, 0.2) is 0 Å². The second-order valence-electron chi connectivity index (χ2n) is 5.75. The highest BCUT2D eigenvalue weighted by Gasteiger charge is 2.28. The van der Waals surface area contributed by atoms with E-state index in [1.807, 2.05) is 10.9 Å². The highest BCUT2D eigenvalue weighted by Crippen LogP contribution is 2.33. The van der Waals surface area contributed by atoms with E-state index in [1.54, 1.807) is 6.92 Å². The van der Waals surface area contributed by atoms with Crippen molar-refractivity contribution in [2.45, 2.75) is 40.2 Å². The molecule has 6 nitrogen and oxygen atoms in total. The number of aromatic amines is 1. The highest BCUT2D eigenvalue weighted by atomic mass is 16.5. The predicted molar refractivity (Wildman–Crippen MR) is 78.0 cm³/mol. The molecule has 0 atom stereocenters. The molecule has 0 radical (unpaired) electrons. The number of hydrogen-bond donors (Lipinski definition) is 1. The summed E-state index contributed by atoms with van der Waals surface area (Å²) < 4.78 is 7.04. The van der Waals surface area contributed by atoms with Gasteiger partial charge in [0, 0.05) is 23.9 Å². The largest absolute Gasteiger partial charge is 0.461 e. The van der Waals surface area contributed by atoms with Crippen LogP contribution in [0.5, 0.6) is 0 Å². The molecule has 0 aromatic carbocycles. The van der Waals surface area contributed by atoms with Crippen molar-refractivity contribution in [3.63, 3.8) is 0 Å². The van der Waals surface area contributed by atoms with Crippen LogP contribution < -0.4 is 0 Å². The van der Waals surface area contributed by atoms with Gasteiger partial charge in [-0.3, -0.25) is 9.78 Å². The third-order valence-electron chi connectivity index (χ3n) is 3.60. The maximum absolute atomic E-state index is 11.9. The average molecular weight is 288 g/mol. The van der Waals surface area contributed by atoms with Crippen LogP contribution in [-0.4, -0.2) is 32.6 Å². The van der Waals surface area contributed by atoms with Crippen molar-refractivity contribution in [2.24, 2.45) is 5.92 Å². The summed E-state index contributed by atoms with van der Waals surface area (Å²) in [4.78, 5) is 11.9. The number of nitrogens with one attached hydrogen (secondary N) is 1. The summed E-state index contributed by atoms with van der Waals surface area (Å²) in [5.41, 5.74) is 4.36. The number of rotatable bonds is 4. The Hall–Kier alpha value is -2.11. The van der Waals surface area contributed by atoms with Crippen LogP contribution in [0.3, 0.4) is 0 Å². The van der Waals surface area contributed by atoms with Crippen molar-refractivity contribution in [1.29, 1.82) is 0 Å². The van der Waals surface area contributed by atoms with E-state index < -0.39 is 0 Å². The molecule has 2 heterocycles. The Balaban J connectivity index is 1.96. The summed E-state index contributed by atoms with van der Waals surface area (Å²) in [5.74, 6) is 0.212. The molecule has 0 fully saturated rings. The smallest absolute Gasteiger partial charge is 0.356 e. The molecule has 6 heteroatoms. The number of esters is 1. The fourth-order valence-electron chi connectivity index (χ4n) is 2.76. The molecule has 0 aliphatic heterocycles. The molecule has 0 saturated heterocycles. The van der Waals surface area contributed by atoms with Gasteiger partial charge in [-0.2, -0.15) is 10.2 Å². The fraction of sp³-hybridized carbons (Fsp3) is 0.533. The molecule has 21 heavy (non-hydrogen) atoms. The first kappa shape index (κ1) is 13.9. The Labute approximate surface area is 123 Å². The molecule has 2 aromatic rings. The van der Waals surface area contributed by atoms with E-state index >= 15 is 0 Å². The van der Waals surface area contributed by atoms with Crippen LogP contribution in [0.25, 0.3) is 11.3 Å². The number of fused-ring (bicyclic) bond motifs is 3. The maximum Gasteiger partial charge on any atom is 0.356 e. The SMILES string of the molecule is CCOC(=O)c1[nH]nc2c1CCc1nn(CC(C)C)cc1-2. The molecular formula is C15H20N4O2. The van der Waals surface area contributed by atoms with Crippen LogP contribution >= 0.6 is 0 Å². The van der Waals surface area contributed by atoms with Gasteiger partial charge in [-0.1, -0.05) is 13.8 Å². The monoisotopic (exact) mass is 288 g/mol. The van der Waals surface area contributed by atoms with Crippen LogP contribution in [0.2, 0.25) is 0 Å². The zero-order chi connectivity index (χ0) is 15.0. The van der Waals surface area contributed by atoms with Crippen LogP contribution in [0.4, 0.5) is 0 Å². The van der Waals surface area contributed by atoms with Crippen LogP contribution in [0, 0.1) is 5.92 Å². The predicted octanol–water partition coefficient (Wildman–Crippen LogP) is 2.20. The fourth-order valence-corrected chi connectivity index (χ4v) is 2.76. The van der Waals surface area contributed by atoms with Gasteiger partial charge in [0.05, 0.1) is 18.0 Å². The van der Waals surface area contributed by atoms with Gasteiger partial charge in [0.25, 0.3) is 0 Å². The molecule has 0 bridgehead atoms. The van der Waals surface area contributed by atoms with Gasteiger partial charge < -0.3 is 4.74 Å². The van der Waals surface area contributed by atoms with Crippen molar-refractivity contribution in [3.8, 4) is 11.3 Å². The quantitative estimate of drug-likeness (QED) is 0.875. The van der Waals surface area contributed by atoms with Crippen molar-refractivity contribution in [1.82, 2.24) is 20.0 Å². The van der Waals surface area contributed by atoms with Crippen LogP contribution in [0.1, 0.15) is 42.5 Å². The second-order valence-corrected chi connectivity index (χ2v) is 5.75. The molecule has 3 rings (SSSR count). The first-order chi connectivity index (χ1) is 10.1. The standard InChI is InChI=1S/C15H20N4O2/c1-4-21-15(20)14-10-5-6-12-11(13(10)16-17-14)8-19(18-12)7-9(2)3/h8-9H,4-7H2,1-3H3,(H,16,17). The lowest BCUT2D eigenvalue weighted by Crippen LogP contribution is -2.10. The summed E-state index contributed by atoms with van der Waals surface area (Å²) in [6, 6.07) is 0. The van der Waals surface area contributed by atoms with Crippen LogP contribution in [0.15, 0.2) is 6.20 Å². The van der Waals surface area contributed by atoms with Crippen molar-refractivity contribution in [2.75, 3.05) is 6.61 Å². The van der Waals surface area contributed by atoms with E-state index in [0.717, 1.165) is 41.9 Å². The van der Waals surface area contributed by atoms with Crippen molar-refractivity contribution < 1.29 is 9.53 Å². The first-order valence-corrected chi connectivity index (χ1v) is 7.41. The van der Waals surface area contributed by atoms with E-state index in [9.17, 15) is 4.79 Å². The van der Waals surface area contributed by atoms with E-state index in [-0.39, 0.29) is 5.97 Å². The molecule has 1 aliphatic carbocycles. The Morgan fingerprint density at radius 1 is 1.48 bits per heavy atom. The lowest BCUT2D eigenvalue weighted by molar-refractivity contribution is 0.0518. The number of ether oxygens (including phenoxy) is 1. The van der Waals surface area contributed by atoms with E-state index in [2.05, 4.69) is 29.1 Å². The molecular weight excluding hydrogens is 268 g/mol. The van der Waals surface area contributed by atoms with E-state index in [4.69, 9.17) is 4.74 Å². The van der Waals surface area contributed by atoms with Gasteiger partial charge in [0.1, 0.15) is 5.69 Å². The molecule has 0 unspecified atom stereocenters. The number of nitrogens with zero attached hydrogens (tertiary/aromatic N) is 3. The Kier molecular flexibility index (Phi) is 3.53. The van der Waals surface area contributed by atoms with Gasteiger partial charge in [-0.15, -0.1) is 0 Å². The molecule has 0 saturated carbocycles. The molecule has 0 amide bonds. The molecule has 1 N–H and O–H groups in total. The normalized spacial score (nSPS) is 13.1. The molecule has 2 aromatic heterocycles. The number of aromatic nitrogens is 4. The second kappa shape index (κ2) is 5.35. The Morgan fingerprint density at radius 3 is 3.00 bits per heavy atom. The lowest BCUT2D eigenvalue weighted by atomic mass is 9.94. The maximum atomic E-state index is 11.9. The number of carbonyl (C=O) groups excluding carboxylic acids is 1. The minimum absolute atomic E-state index is 0.329. The van der Waals surface area contributed by atoms with Gasteiger partial charge >= 0.3 is 5.97 Å². The zero-order valence-corrected chi connectivity index (χ0v) is 12.6. The van der Waals surface area contributed by atoms with Crippen LogP contribution in [-0.2, 0) is 24.1 Å². The summed E-state index contributed by atoms with van der Waals surface area (Å²) in [6.45, 7) is 7.38. The molecule has 0 spiro atoms. The topological polar surface area (TPSA) is 72.8 Å². The minimum atomic E-state index is -0.329. The van der Waals surface area contributed by atoms with Crippen molar-refractivity contribution in [3.05, 3.63) is 23.1 Å². The molecule has 112 valence electrons. The zero-order valence-electron chi connectivity index (χ0n) is 12.6. The summed E-state index contributed by atoms with van der Waals surface area (Å²) in [7, 11) is 0. The number of hydrogen-bond acceptors (Lipinski definition) is 4. The summed E-state index contributed by atoms with van der Waals surface area (Å²) >= 11 is 0. The Morgan fingerprint density at radius 2 is 2.29 bits per heavy atom. The minimum Gasteiger partial charge on any atom is -0.461 e. The summed E-state index contributed by atoms with van der Waals surface area (Å²) in [5, 5.41) is 11.8. The summed E-state index contributed by atoms with van der Waals surface area (Å²) in [6.07, 6.45) is 3.63. The highest BCUT2D eigenvalue weighted by molar-refractivity contribution is 5.91. The first-order valence-electron chi connectivity index (χ1n) is 7.41. The Bertz CT molecular complexity index is 669. The van der Waals surface area contributed by atoms with Gasteiger partial charge in [-0.25, -0.2) is 4.79 Å². The van der Waals surface area contributed by atoms with E-state index in [0.29, 0.717) is 18.2 Å². The van der Waals surface area contributed by atoms with E-state index in [1.165, 1.54) is 0 Å². The van der Waals surface area contributed by atoms with Gasteiger partial charge in [-0.05, 0) is 25.7 Å². The van der Waals surface area contributed by atoms with Gasteiger partial charge in [0.2, 0.25) is 0 Å². The lowest BCUT2D eigenvalue weighted by Gasteiger charge is -2.10. The number of aryl methyl sites for hydroxylation is 1. The molecule has 1 aliphatic rings. The average Bonchev–Trinajstić information content (AvgIpc) is 3.00. The van der Waals surface area contributed by atoms with Crippen molar-refractivity contribution >= 4 is 5.97 Å². The third kappa shape index (κ3) is 2.46. The third-order valence-corrected chi connectivity index (χ3v) is 3.60.